The van der Waals surface area contributed by atoms with E-state index in [1.165, 1.54) is 0 Å². The molecule has 1 aromatic heterocycles. The number of fused-ring (bicyclic) bond motifs is 1. The summed E-state index contributed by atoms with van der Waals surface area (Å²) in [5, 5.41) is 0.695. The number of hydrogen-bond acceptors (Lipinski definition) is 2. The molecule has 0 radical (unpaired) electrons. The van der Waals surface area contributed by atoms with E-state index in [0.29, 0.717) is 11.6 Å². The number of aromatic amines is 1. The van der Waals surface area contributed by atoms with Gasteiger partial charge in [-0.1, -0.05) is 11.6 Å². The monoisotopic (exact) mass is 350 g/mol. The SMILES string of the molecule is CCOc1ccc(-c2nc3ccc(Cl)cc3[nH]2)cc1Br. The molecular formula is C15H12BrClN2O. The van der Waals surface area contributed by atoms with Gasteiger partial charge in [0.05, 0.1) is 22.1 Å². The van der Waals surface area contributed by atoms with Crippen molar-refractivity contribution in [1.82, 2.24) is 9.97 Å². The zero-order valence-electron chi connectivity index (χ0n) is 10.8. The van der Waals surface area contributed by atoms with Crippen LogP contribution in [0, 0.1) is 0 Å². The van der Waals surface area contributed by atoms with E-state index in [0.717, 1.165) is 32.6 Å². The fourth-order valence-electron chi connectivity index (χ4n) is 2.04. The van der Waals surface area contributed by atoms with Gasteiger partial charge in [-0.3, -0.25) is 0 Å². The van der Waals surface area contributed by atoms with Crippen LogP contribution in [0.2, 0.25) is 5.02 Å². The van der Waals surface area contributed by atoms with Gasteiger partial charge in [-0.15, -0.1) is 0 Å². The minimum Gasteiger partial charge on any atom is -0.493 e. The lowest BCUT2D eigenvalue weighted by Crippen LogP contribution is -1.92. The number of halogens is 2. The molecular weight excluding hydrogens is 340 g/mol. The molecule has 0 spiro atoms. The van der Waals surface area contributed by atoms with E-state index in [1.807, 2.05) is 43.3 Å². The van der Waals surface area contributed by atoms with Crippen LogP contribution in [-0.2, 0) is 0 Å². The number of hydrogen-bond donors (Lipinski definition) is 1. The molecule has 5 heteroatoms. The quantitative estimate of drug-likeness (QED) is 0.717. The Hall–Kier alpha value is -1.52. The van der Waals surface area contributed by atoms with Gasteiger partial charge >= 0.3 is 0 Å². The lowest BCUT2D eigenvalue weighted by molar-refractivity contribution is 0.338. The number of H-pyrrole nitrogens is 1. The molecule has 0 aliphatic heterocycles. The molecule has 0 amide bonds. The number of aromatic nitrogens is 2. The Bertz CT molecular complexity index is 770. The summed E-state index contributed by atoms with van der Waals surface area (Å²) < 4.78 is 6.42. The average molecular weight is 352 g/mol. The standard InChI is InChI=1S/C15H12BrClN2O/c1-2-20-14-6-3-9(7-11(14)16)15-18-12-5-4-10(17)8-13(12)19-15/h3-8H,2H2,1H3,(H,18,19). The van der Waals surface area contributed by atoms with Gasteiger partial charge in [0, 0.05) is 10.6 Å². The number of nitrogens with one attached hydrogen (secondary N) is 1. The van der Waals surface area contributed by atoms with Crippen molar-refractivity contribution in [3.05, 3.63) is 45.9 Å². The highest BCUT2D eigenvalue weighted by Gasteiger charge is 2.08. The second-order valence-corrected chi connectivity index (χ2v) is 5.62. The van der Waals surface area contributed by atoms with Gasteiger partial charge in [0.25, 0.3) is 0 Å². The first-order valence-corrected chi connectivity index (χ1v) is 7.42. The smallest absolute Gasteiger partial charge is 0.138 e. The second kappa shape index (κ2) is 5.46. The van der Waals surface area contributed by atoms with E-state index < -0.39 is 0 Å². The summed E-state index contributed by atoms with van der Waals surface area (Å²) in [6, 6.07) is 11.5. The van der Waals surface area contributed by atoms with Crippen LogP contribution < -0.4 is 4.74 Å². The molecule has 1 heterocycles. The Morgan fingerprint density at radius 3 is 2.85 bits per heavy atom. The van der Waals surface area contributed by atoms with Crippen LogP contribution in [-0.4, -0.2) is 16.6 Å². The Morgan fingerprint density at radius 1 is 1.25 bits per heavy atom. The van der Waals surface area contributed by atoms with E-state index in [-0.39, 0.29) is 0 Å². The van der Waals surface area contributed by atoms with Crippen LogP contribution in [0.4, 0.5) is 0 Å². The molecule has 3 nitrogen and oxygen atoms in total. The summed E-state index contributed by atoms with van der Waals surface area (Å²) in [4.78, 5) is 7.84. The maximum Gasteiger partial charge on any atom is 0.138 e. The molecule has 3 aromatic rings. The summed E-state index contributed by atoms with van der Waals surface area (Å²) >= 11 is 9.50. The van der Waals surface area contributed by atoms with Crippen molar-refractivity contribution in [1.29, 1.82) is 0 Å². The fourth-order valence-corrected chi connectivity index (χ4v) is 2.70. The van der Waals surface area contributed by atoms with E-state index in [9.17, 15) is 0 Å². The first-order valence-electron chi connectivity index (χ1n) is 6.25. The van der Waals surface area contributed by atoms with E-state index in [1.54, 1.807) is 0 Å². The molecule has 0 bridgehead atoms. The molecule has 2 aromatic carbocycles. The van der Waals surface area contributed by atoms with Gasteiger partial charge in [-0.2, -0.15) is 0 Å². The highest BCUT2D eigenvalue weighted by molar-refractivity contribution is 9.10. The van der Waals surface area contributed by atoms with Crippen molar-refractivity contribution >= 4 is 38.6 Å². The van der Waals surface area contributed by atoms with Crippen LogP contribution in [0.15, 0.2) is 40.9 Å². The predicted octanol–water partition coefficient (Wildman–Crippen LogP) is 5.04. The summed E-state index contributed by atoms with van der Waals surface area (Å²) in [6.45, 7) is 2.60. The average Bonchev–Trinajstić information content (AvgIpc) is 2.84. The first-order chi connectivity index (χ1) is 9.67. The van der Waals surface area contributed by atoms with E-state index >= 15 is 0 Å². The van der Waals surface area contributed by atoms with Gasteiger partial charge in [-0.25, -0.2) is 4.98 Å². The van der Waals surface area contributed by atoms with Gasteiger partial charge in [0.1, 0.15) is 11.6 Å². The molecule has 102 valence electrons. The summed E-state index contributed by atoms with van der Waals surface area (Å²) in [7, 11) is 0. The first kappa shape index (κ1) is 13.5. The zero-order chi connectivity index (χ0) is 14.1. The van der Waals surface area contributed by atoms with Gasteiger partial charge in [-0.05, 0) is 59.3 Å². The number of rotatable bonds is 3. The minimum absolute atomic E-state index is 0.640. The highest BCUT2D eigenvalue weighted by Crippen LogP contribution is 2.30. The van der Waals surface area contributed by atoms with E-state index in [4.69, 9.17) is 16.3 Å². The Kier molecular flexibility index (Phi) is 3.68. The Morgan fingerprint density at radius 2 is 2.10 bits per heavy atom. The Labute approximate surface area is 130 Å². The van der Waals surface area contributed by atoms with Crippen LogP contribution in [0.3, 0.4) is 0 Å². The van der Waals surface area contributed by atoms with Crippen molar-refractivity contribution < 1.29 is 4.74 Å². The van der Waals surface area contributed by atoms with Crippen LogP contribution >= 0.6 is 27.5 Å². The van der Waals surface area contributed by atoms with Gasteiger partial charge < -0.3 is 9.72 Å². The topological polar surface area (TPSA) is 37.9 Å². The molecule has 20 heavy (non-hydrogen) atoms. The third-order valence-electron chi connectivity index (χ3n) is 2.95. The second-order valence-electron chi connectivity index (χ2n) is 4.33. The third-order valence-corrected chi connectivity index (χ3v) is 3.80. The molecule has 0 aliphatic rings. The largest absolute Gasteiger partial charge is 0.493 e. The van der Waals surface area contributed by atoms with E-state index in [2.05, 4.69) is 25.9 Å². The lowest BCUT2D eigenvalue weighted by Gasteiger charge is -2.06. The normalized spacial score (nSPS) is 10.9. The van der Waals surface area contributed by atoms with Gasteiger partial charge in [0.15, 0.2) is 0 Å². The van der Waals surface area contributed by atoms with Gasteiger partial charge in [0.2, 0.25) is 0 Å². The molecule has 1 N–H and O–H groups in total. The molecule has 0 unspecified atom stereocenters. The number of nitrogens with zero attached hydrogens (tertiary/aromatic N) is 1. The number of ether oxygens (including phenoxy) is 1. The molecule has 0 saturated heterocycles. The third kappa shape index (κ3) is 2.53. The summed E-state index contributed by atoms with van der Waals surface area (Å²) in [5.74, 6) is 1.64. The predicted molar refractivity (Wildman–Crippen MR) is 85.4 cm³/mol. The molecule has 0 fully saturated rings. The fraction of sp³-hybridized carbons (Fsp3) is 0.133. The van der Waals surface area contributed by atoms with Crippen molar-refractivity contribution in [2.24, 2.45) is 0 Å². The van der Waals surface area contributed by atoms with Crippen molar-refractivity contribution in [2.75, 3.05) is 6.61 Å². The zero-order valence-corrected chi connectivity index (χ0v) is 13.1. The number of benzene rings is 2. The number of imidazole rings is 1. The summed E-state index contributed by atoms with van der Waals surface area (Å²) in [5.41, 5.74) is 2.82. The minimum atomic E-state index is 0.640. The maximum absolute atomic E-state index is 5.98. The van der Waals surface area contributed by atoms with Crippen LogP contribution in [0.25, 0.3) is 22.4 Å². The van der Waals surface area contributed by atoms with Crippen molar-refractivity contribution in [3.8, 4) is 17.1 Å². The van der Waals surface area contributed by atoms with Crippen LogP contribution in [0.1, 0.15) is 6.92 Å². The van der Waals surface area contributed by atoms with Crippen molar-refractivity contribution in [2.45, 2.75) is 6.92 Å². The molecule has 0 aliphatic carbocycles. The highest BCUT2D eigenvalue weighted by atomic mass is 79.9. The maximum atomic E-state index is 5.98. The lowest BCUT2D eigenvalue weighted by atomic mass is 10.2. The Balaban J connectivity index is 2.04. The van der Waals surface area contributed by atoms with Crippen molar-refractivity contribution in [3.63, 3.8) is 0 Å². The summed E-state index contributed by atoms with van der Waals surface area (Å²) in [6.07, 6.45) is 0. The molecule has 0 atom stereocenters. The molecule has 0 saturated carbocycles. The van der Waals surface area contributed by atoms with Crippen LogP contribution in [0.5, 0.6) is 5.75 Å². The molecule has 3 rings (SSSR count).